The fourth-order valence-corrected chi connectivity index (χ4v) is 4.41. The number of nitrogens with two attached hydrogens (primary N) is 1. The van der Waals surface area contributed by atoms with Gasteiger partial charge < -0.3 is 20.1 Å². The number of amidine groups is 2. The SMILES string of the molecule is CCOC(=O)N(Cc1ccc2ccc(C(=N)N)cc2c1)c1ccc(OC2CCN(C(C)=N)CC2)cc1. The predicted molar refractivity (Wildman–Crippen MR) is 143 cm³/mol. The van der Waals surface area contributed by atoms with E-state index in [-0.39, 0.29) is 18.5 Å². The Bertz CT molecular complexity index is 1250. The number of carbonyl (C=O) groups is 1. The third-order valence-corrected chi connectivity index (χ3v) is 6.41. The van der Waals surface area contributed by atoms with Gasteiger partial charge >= 0.3 is 6.09 Å². The lowest BCUT2D eigenvalue weighted by Crippen LogP contribution is -2.40. The summed E-state index contributed by atoms with van der Waals surface area (Å²) in [5.41, 5.74) is 7.97. The van der Waals surface area contributed by atoms with Crippen molar-refractivity contribution in [1.82, 2.24) is 4.90 Å². The zero-order valence-corrected chi connectivity index (χ0v) is 20.8. The van der Waals surface area contributed by atoms with E-state index in [1.807, 2.05) is 67.6 Å². The fraction of sp³-hybridized carbons (Fsp3) is 0.321. The van der Waals surface area contributed by atoms with Crippen molar-refractivity contribution in [2.24, 2.45) is 5.73 Å². The molecule has 0 spiro atoms. The lowest BCUT2D eigenvalue weighted by molar-refractivity contribution is 0.130. The Morgan fingerprint density at radius 1 is 1.03 bits per heavy atom. The van der Waals surface area contributed by atoms with Gasteiger partial charge in [-0.15, -0.1) is 0 Å². The van der Waals surface area contributed by atoms with Gasteiger partial charge in [0.15, 0.2) is 0 Å². The molecule has 1 saturated heterocycles. The minimum absolute atomic E-state index is 0.0214. The standard InChI is InChI=1S/C28H33N5O3/c1-3-35-28(34)33(18-20-4-5-21-6-7-22(27(30)31)17-23(21)16-20)24-8-10-25(11-9-24)36-26-12-14-32(15-13-26)19(2)29/h4-11,16-17,26,29H,3,12-15,18H2,1-2H3,(H3,30,31). The van der Waals surface area contributed by atoms with Gasteiger partial charge in [-0.25, -0.2) is 4.79 Å². The molecule has 3 aromatic rings. The maximum absolute atomic E-state index is 12.8. The van der Waals surface area contributed by atoms with Gasteiger partial charge in [-0.1, -0.05) is 24.3 Å². The fourth-order valence-electron chi connectivity index (χ4n) is 4.41. The summed E-state index contributed by atoms with van der Waals surface area (Å²) < 4.78 is 11.5. The molecule has 36 heavy (non-hydrogen) atoms. The average Bonchev–Trinajstić information content (AvgIpc) is 2.88. The van der Waals surface area contributed by atoms with Crippen LogP contribution < -0.4 is 15.4 Å². The molecule has 0 aliphatic carbocycles. The second-order valence-electron chi connectivity index (χ2n) is 8.98. The van der Waals surface area contributed by atoms with Gasteiger partial charge in [-0.3, -0.25) is 15.7 Å². The monoisotopic (exact) mass is 487 g/mol. The number of hydrogen-bond acceptors (Lipinski definition) is 5. The average molecular weight is 488 g/mol. The normalized spacial score (nSPS) is 13.9. The van der Waals surface area contributed by atoms with E-state index in [0.717, 1.165) is 48.0 Å². The highest BCUT2D eigenvalue weighted by Crippen LogP contribution is 2.26. The Kier molecular flexibility index (Phi) is 7.73. The van der Waals surface area contributed by atoms with Gasteiger partial charge in [0.2, 0.25) is 0 Å². The first-order chi connectivity index (χ1) is 17.3. The van der Waals surface area contributed by atoms with Crippen LogP contribution in [-0.4, -0.2) is 48.5 Å². The second-order valence-corrected chi connectivity index (χ2v) is 8.98. The number of carbonyl (C=O) groups excluding carboxylic acids is 1. The Morgan fingerprint density at radius 2 is 1.72 bits per heavy atom. The number of fused-ring (bicyclic) bond motifs is 1. The van der Waals surface area contributed by atoms with Crippen LogP contribution in [0.5, 0.6) is 5.75 Å². The highest BCUT2D eigenvalue weighted by atomic mass is 16.6. The molecule has 1 fully saturated rings. The van der Waals surface area contributed by atoms with Crippen LogP contribution in [0.3, 0.4) is 0 Å². The quantitative estimate of drug-likeness (QED) is 0.316. The topological polar surface area (TPSA) is 116 Å². The Labute approximate surface area is 211 Å². The van der Waals surface area contributed by atoms with Crippen molar-refractivity contribution in [3.05, 3.63) is 71.8 Å². The Hall–Kier alpha value is -4.07. The number of piperidine rings is 1. The molecule has 1 amide bonds. The lowest BCUT2D eigenvalue weighted by atomic mass is 10.0. The molecule has 0 saturated carbocycles. The number of nitrogens with one attached hydrogen (secondary N) is 2. The molecule has 188 valence electrons. The molecule has 1 heterocycles. The Balaban J connectivity index is 1.50. The zero-order chi connectivity index (χ0) is 25.7. The zero-order valence-electron chi connectivity index (χ0n) is 20.8. The van der Waals surface area contributed by atoms with E-state index in [2.05, 4.69) is 4.90 Å². The largest absolute Gasteiger partial charge is 0.490 e. The van der Waals surface area contributed by atoms with E-state index >= 15 is 0 Å². The molecule has 0 radical (unpaired) electrons. The summed E-state index contributed by atoms with van der Waals surface area (Å²) in [7, 11) is 0. The van der Waals surface area contributed by atoms with Crippen molar-refractivity contribution in [3.63, 3.8) is 0 Å². The van der Waals surface area contributed by atoms with Crippen LogP contribution in [-0.2, 0) is 11.3 Å². The third kappa shape index (κ3) is 5.94. The minimum atomic E-state index is -0.418. The molecular weight excluding hydrogens is 454 g/mol. The van der Waals surface area contributed by atoms with Crippen LogP contribution in [0.15, 0.2) is 60.7 Å². The first kappa shape index (κ1) is 25.0. The second kappa shape index (κ2) is 11.1. The number of anilines is 1. The molecular formula is C28H33N5O3. The van der Waals surface area contributed by atoms with Crippen LogP contribution >= 0.6 is 0 Å². The maximum Gasteiger partial charge on any atom is 0.414 e. The molecule has 0 unspecified atom stereocenters. The van der Waals surface area contributed by atoms with Crippen molar-refractivity contribution >= 4 is 34.2 Å². The maximum atomic E-state index is 12.8. The van der Waals surface area contributed by atoms with Crippen LogP contribution in [0.4, 0.5) is 10.5 Å². The summed E-state index contributed by atoms with van der Waals surface area (Å²) in [4.78, 5) is 16.5. The van der Waals surface area contributed by atoms with Gasteiger partial charge in [0, 0.05) is 37.2 Å². The number of nitrogen functional groups attached to an aromatic ring is 1. The number of amides is 1. The van der Waals surface area contributed by atoms with Crippen LogP contribution in [0, 0.1) is 10.8 Å². The summed E-state index contributed by atoms with van der Waals surface area (Å²) in [5.74, 6) is 1.38. The summed E-state index contributed by atoms with van der Waals surface area (Å²) in [5, 5.41) is 17.5. The van der Waals surface area contributed by atoms with Crippen molar-refractivity contribution in [2.75, 3.05) is 24.6 Å². The number of ether oxygens (including phenoxy) is 2. The molecule has 1 aliphatic rings. The van der Waals surface area contributed by atoms with Crippen molar-refractivity contribution in [2.45, 2.75) is 39.3 Å². The molecule has 4 rings (SSSR count). The van der Waals surface area contributed by atoms with E-state index in [0.29, 0.717) is 23.6 Å². The van der Waals surface area contributed by atoms with Gasteiger partial charge in [-0.05, 0) is 66.6 Å². The number of nitrogens with zero attached hydrogens (tertiary/aromatic N) is 2. The van der Waals surface area contributed by atoms with E-state index in [1.54, 1.807) is 11.8 Å². The number of benzene rings is 3. The smallest absolute Gasteiger partial charge is 0.414 e. The highest BCUT2D eigenvalue weighted by molar-refractivity contribution is 5.99. The van der Waals surface area contributed by atoms with E-state index < -0.39 is 6.09 Å². The summed E-state index contributed by atoms with van der Waals surface area (Å²) in [6.45, 7) is 5.88. The Morgan fingerprint density at radius 3 is 2.36 bits per heavy atom. The highest BCUT2D eigenvalue weighted by Gasteiger charge is 2.22. The predicted octanol–water partition coefficient (Wildman–Crippen LogP) is 5.13. The first-order valence-corrected chi connectivity index (χ1v) is 12.2. The number of rotatable bonds is 7. The molecule has 0 atom stereocenters. The van der Waals surface area contributed by atoms with Crippen molar-refractivity contribution in [3.8, 4) is 5.75 Å². The van der Waals surface area contributed by atoms with E-state index in [9.17, 15) is 4.79 Å². The molecule has 8 nitrogen and oxygen atoms in total. The molecule has 4 N–H and O–H groups in total. The van der Waals surface area contributed by atoms with Crippen LogP contribution in [0.2, 0.25) is 0 Å². The van der Waals surface area contributed by atoms with E-state index in [1.165, 1.54) is 0 Å². The van der Waals surface area contributed by atoms with Crippen molar-refractivity contribution < 1.29 is 14.3 Å². The molecule has 1 aliphatic heterocycles. The summed E-state index contributed by atoms with van der Waals surface area (Å²) in [6.07, 6.45) is 1.45. The van der Waals surface area contributed by atoms with Gasteiger partial charge in [0.05, 0.1) is 19.0 Å². The number of hydrogen-bond donors (Lipinski definition) is 3. The van der Waals surface area contributed by atoms with Gasteiger partial charge in [0.1, 0.15) is 17.7 Å². The van der Waals surface area contributed by atoms with Crippen molar-refractivity contribution in [1.29, 1.82) is 10.8 Å². The van der Waals surface area contributed by atoms with Crippen LogP contribution in [0.25, 0.3) is 10.8 Å². The minimum Gasteiger partial charge on any atom is -0.490 e. The summed E-state index contributed by atoms with van der Waals surface area (Å²) >= 11 is 0. The molecule has 3 aromatic carbocycles. The molecule has 0 bridgehead atoms. The van der Waals surface area contributed by atoms with E-state index in [4.69, 9.17) is 26.0 Å². The first-order valence-electron chi connectivity index (χ1n) is 12.2. The van der Waals surface area contributed by atoms with Crippen LogP contribution in [0.1, 0.15) is 37.8 Å². The molecule has 0 aromatic heterocycles. The number of likely N-dealkylation sites (tertiary alicyclic amines) is 1. The van der Waals surface area contributed by atoms with Gasteiger partial charge in [-0.2, -0.15) is 0 Å². The van der Waals surface area contributed by atoms with Gasteiger partial charge in [0.25, 0.3) is 0 Å². The lowest BCUT2D eigenvalue weighted by Gasteiger charge is -2.32. The molecule has 8 heteroatoms. The third-order valence-electron chi connectivity index (χ3n) is 6.41. The summed E-state index contributed by atoms with van der Waals surface area (Å²) in [6, 6.07) is 19.2.